The molecule has 0 saturated heterocycles. The molecule has 2 unspecified atom stereocenters. The minimum atomic E-state index is -2.58. The second-order valence-electron chi connectivity index (χ2n) is 7.55. The second-order valence-corrected chi connectivity index (χ2v) is 9.12. The van der Waals surface area contributed by atoms with Crippen molar-refractivity contribution in [1.82, 2.24) is 4.90 Å². The summed E-state index contributed by atoms with van der Waals surface area (Å²) in [6.45, 7) is 3.27. The number of aliphatic imine (C=N–C) groups is 2. The van der Waals surface area contributed by atoms with Crippen molar-refractivity contribution in [2.75, 3.05) is 23.7 Å². The van der Waals surface area contributed by atoms with Gasteiger partial charge in [-0.05, 0) is 38.1 Å². The van der Waals surface area contributed by atoms with Crippen molar-refractivity contribution in [3.63, 3.8) is 0 Å². The molecule has 0 aliphatic carbocycles. The van der Waals surface area contributed by atoms with Crippen molar-refractivity contribution in [2.24, 2.45) is 9.98 Å². The number of fused-ring (bicyclic) bond motifs is 2. The van der Waals surface area contributed by atoms with Crippen LogP contribution in [0, 0.1) is 0 Å². The van der Waals surface area contributed by atoms with Crippen molar-refractivity contribution in [3.05, 3.63) is 55.5 Å². The molecule has 0 fully saturated rings. The summed E-state index contributed by atoms with van der Waals surface area (Å²) in [4.78, 5) is 10.6. The van der Waals surface area contributed by atoms with Crippen LogP contribution in [0.5, 0.6) is 0 Å². The van der Waals surface area contributed by atoms with Gasteiger partial charge in [0, 0.05) is 22.5 Å². The highest BCUT2D eigenvalue weighted by Crippen LogP contribution is 2.41. The number of nitrogens with zero attached hydrogens (tertiary/aromatic N) is 3. The third-order valence-electron chi connectivity index (χ3n) is 5.29. The van der Waals surface area contributed by atoms with E-state index in [2.05, 4.69) is 20.6 Å². The molecule has 2 aromatic carbocycles. The molecule has 2 aromatic rings. The zero-order chi connectivity index (χ0) is 23.2. The molecule has 2 heterocycles. The molecule has 0 saturated carbocycles. The van der Waals surface area contributed by atoms with Gasteiger partial charge in [-0.3, -0.25) is 4.99 Å². The van der Waals surface area contributed by atoms with Crippen molar-refractivity contribution in [3.8, 4) is 0 Å². The van der Waals surface area contributed by atoms with Crippen molar-refractivity contribution in [2.45, 2.75) is 32.4 Å². The largest absolute Gasteiger partial charge is 0.342 e. The van der Waals surface area contributed by atoms with Gasteiger partial charge in [0.15, 0.2) is 5.96 Å². The standard InChI is InChI=1S/C21H19Cl4F2N5/c1-9-17-13(5-3-11(22)19(17)24)30-16(28-9)8-32(7-15(26)27)21-29-10(2)18-14(31-21)6-4-12(23)20(18)25/h3-6,9-10,15H,7-8H2,1-2H3,(H,28,30)(H,29,31). The first-order valence-corrected chi connectivity index (χ1v) is 11.3. The fraction of sp³-hybridized carbons (Fsp3) is 0.333. The van der Waals surface area contributed by atoms with Gasteiger partial charge in [-0.15, -0.1) is 0 Å². The number of hydrogen-bond acceptors (Lipinski definition) is 5. The first-order valence-electron chi connectivity index (χ1n) is 9.83. The SMILES string of the molecule is CC1N=C(CN(CC(F)F)C2=NC(C)c3c(ccc(Cl)c3Cl)N2)Nc2ccc(Cl)c(Cl)c21. The van der Waals surface area contributed by atoms with Crippen LogP contribution in [0.15, 0.2) is 34.3 Å². The highest BCUT2D eigenvalue weighted by Gasteiger charge is 2.29. The molecule has 32 heavy (non-hydrogen) atoms. The van der Waals surface area contributed by atoms with Crippen LogP contribution in [0.1, 0.15) is 37.1 Å². The molecule has 0 spiro atoms. The van der Waals surface area contributed by atoms with Crippen LogP contribution >= 0.6 is 46.4 Å². The second kappa shape index (κ2) is 9.21. The van der Waals surface area contributed by atoms with E-state index in [0.29, 0.717) is 37.6 Å². The number of rotatable bonds is 4. The Bertz CT molecular complexity index is 1120. The van der Waals surface area contributed by atoms with Gasteiger partial charge in [-0.2, -0.15) is 0 Å². The van der Waals surface area contributed by atoms with E-state index in [0.717, 1.165) is 16.8 Å². The van der Waals surface area contributed by atoms with E-state index in [4.69, 9.17) is 46.4 Å². The van der Waals surface area contributed by atoms with Crippen molar-refractivity contribution < 1.29 is 8.78 Å². The first kappa shape index (κ1) is 23.4. The van der Waals surface area contributed by atoms with Crippen LogP contribution in [0.4, 0.5) is 20.2 Å². The van der Waals surface area contributed by atoms with E-state index in [1.54, 1.807) is 24.3 Å². The van der Waals surface area contributed by atoms with E-state index in [1.807, 2.05) is 13.8 Å². The number of amidine groups is 1. The fourth-order valence-corrected chi connectivity index (χ4v) is 4.84. The normalized spacial score (nSPS) is 19.4. The van der Waals surface area contributed by atoms with E-state index < -0.39 is 13.0 Å². The molecular formula is C21H19Cl4F2N5. The summed E-state index contributed by atoms with van der Waals surface area (Å²) in [6.07, 6.45) is -2.58. The number of halogens is 6. The lowest BCUT2D eigenvalue weighted by Crippen LogP contribution is -2.46. The van der Waals surface area contributed by atoms with Gasteiger partial charge in [0.05, 0.1) is 45.3 Å². The Morgan fingerprint density at radius 2 is 1.41 bits per heavy atom. The predicted octanol–water partition coefficient (Wildman–Crippen LogP) is 7.30. The maximum absolute atomic E-state index is 13.5. The van der Waals surface area contributed by atoms with Crippen LogP contribution in [0.25, 0.3) is 0 Å². The van der Waals surface area contributed by atoms with Crippen molar-refractivity contribution in [1.29, 1.82) is 0 Å². The number of anilines is 2. The van der Waals surface area contributed by atoms with Gasteiger partial charge in [0.2, 0.25) is 0 Å². The summed E-state index contributed by atoms with van der Waals surface area (Å²) in [5.74, 6) is 0.821. The molecule has 0 radical (unpaired) electrons. The Balaban J connectivity index is 1.62. The Morgan fingerprint density at radius 1 is 0.875 bits per heavy atom. The Morgan fingerprint density at radius 3 is 1.97 bits per heavy atom. The van der Waals surface area contributed by atoms with Gasteiger partial charge in [0.25, 0.3) is 6.43 Å². The maximum atomic E-state index is 13.5. The molecule has 11 heteroatoms. The number of alkyl halides is 2. The lowest BCUT2D eigenvalue weighted by molar-refractivity contribution is 0.120. The summed E-state index contributed by atoms with van der Waals surface area (Å²) in [5.41, 5.74) is 2.91. The predicted molar refractivity (Wildman–Crippen MR) is 129 cm³/mol. The molecule has 170 valence electrons. The molecule has 0 bridgehead atoms. The van der Waals surface area contributed by atoms with Crippen LogP contribution in [0.2, 0.25) is 20.1 Å². The molecule has 2 aliphatic rings. The summed E-state index contributed by atoms with van der Waals surface area (Å²) in [7, 11) is 0. The third kappa shape index (κ3) is 4.49. The highest BCUT2D eigenvalue weighted by molar-refractivity contribution is 6.43. The summed E-state index contributed by atoms with van der Waals surface area (Å²) >= 11 is 24.9. The lowest BCUT2D eigenvalue weighted by Gasteiger charge is -2.33. The fourth-order valence-electron chi connectivity index (χ4n) is 3.87. The lowest BCUT2D eigenvalue weighted by atomic mass is 10.0. The molecule has 0 amide bonds. The van der Waals surface area contributed by atoms with E-state index in [-0.39, 0.29) is 18.6 Å². The maximum Gasteiger partial charge on any atom is 0.255 e. The quantitative estimate of drug-likeness (QED) is 0.444. The minimum absolute atomic E-state index is 0.0869. The van der Waals surface area contributed by atoms with E-state index >= 15 is 0 Å². The summed E-state index contributed by atoms with van der Waals surface area (Å²) in [5, 5.41) is 7.97. The molecular weight excluding hydrogens is 502 g/mol. The molecule has 2 N–H and O–H groups in total. The average Bonchev–Trinajstić information content (AvgIpc) is 2.72. The van der Waals surface area contributed by atoms with E-state index in [9.17, 15) is 8.78 Å². The number of nitrogens with one attached hydrogen (secondary N) is 2. The summed E-state index contributed by atoms with van der Waals surface area (Å²) < 4.78 is 26.9. The monoisotopic (exact) mass is 519 g/mol. The highest BCUT2D eigenvalue weighted by atomic mass is 35.5. The smallest absolute Gasteiger partial charge is 0.255 e. The minimum Gasteiger partial charge on any atom is -0.342 e. The van der Waals surface area contributed by atoms with Gasteiger partial charge in [-0.1, -0.05) is 46.4 Å². The van der Waals surface area contributed by atoms with Crippen molar-refractivity contribution >= 4 is 69.6 Å². The summed E-state index contributed by atoms with van der Waals surface area (Å²) in [6, 6.07) is 6.24. The molecule has 4 rings (SSSR count). The molecule has 0 aromatic heterocycles. The Hall–Kier alpha value is -1.80. The third-order valence-corrected chi connectivity index (χ3v) is 6.93. The van der Waals surface area contributed by atoms with Crippen LogP contribution in [0.3, 0.4) is 0 Å². The van der Waals surface area contributed by atoms with Gasteiger partial charge >= 0.3 is 0 Å². The van der Waals surface area contributed by atoms with Crippen LogP contribution in [-0.2, 0) is 0 Å². The van der Waals surface area contributed by atoms with Gasteiger partial charge in [-0.25, -0.2) is 13.8 Å². The molecule has 2 atom stereocenters. The first-order chi connectivity index (χ1) is 15.2. The zero-order valence-corrected chi connectivity index (χ0v) is 20.1. The zero-order valence-electron chi connectivity index (χ0n) is 17.1. The van der Waals surface area contributed by atoms with E-state index in [1.165, 1.54) is 4.90 Å². The Labute approximate surface area is 204 Å². The number of guanidine groups is 1. The van der Waals surface area contributed by atoms with Crippen LogP contribution in [-0.4, -0.2) is 36.2 Å². The number of hydrogen-bond donors (Lipinski definition) is 2. The van der Waals surface area contributed by atoms with Gasteiger partial charge in [0.1, 0.15) is 5.84 Å². The topological polar surface area (TPSA) is 52.0 Å². The Kier molecular flexibility index (Phi) is 6.73. The average molecular weight is 521 g/mol. The number of benzene rings is 2. The van der Waals surface area contributed by atoms with Crippen LogP contribution < -0.4 is 10.6 Å². The molecule has 2 aliphatic heterocycles. The molecule has 5 nitrogen and oxygen atoms in total. The van der Waals surface area contributed by atoms with Gasteiger partial charge < -0.3 is 15.5 Å².